The lowest BCUT2D eigenvalue weighted by Gasteiger charge is -2.35. The molecule has 1 aliphatic heterocycles. The van der Waals surface area contributed by atoms with E-state index in [0.29, 0.717) is 31.5 Å². The Morgan fingerprint density at radius 2 is 2.04 bits per heavy atom. The third-order valence-corrected chi connectivity index (χ3v) is 3.99. The maximum absolute atomic E-state index is 10.2. The van der Waals surface area contributed by atoms with E-state index >= 15 is 0 Å². The zero-order chi connectivity index (χ0) is 16.8. The molecule has 130 valence electrons. The maximum atomic E-state index is 10.2. The third kappa shape index (κ3) is 4.42. The standard InChI is InChI=1S/C16H24N6O2/c1-2-24-15-4-6-17-16(19-15)21-10-8-20(9-11-21)12-14(23)13-22-7-3-5-18-22/h3-7,14,23H,2,8-13H2,1H3. The van der Waals surface area contributed by atoms with Gasteiger partial charge in [-0.25, -0.2) is 4.98 Å². The van der Waals surface area contributed by atoms with Gasteiger partial charge in [0.2, 0.25) is 11.8 Å². The number of rotatable bonds is 7. The molecule has 0 bridgehead atoms. The number of β-amino-alcohol motifs (C(OH)–C–C–N with tert-alkyl or cyclic N) is 1. The summed E-state index contributed by atoms with van der Waals surface area (Å²) in [4.78, 5) is 13.2. The van der Waals surface area contributed by atoms with Crippen molar-refractivity contribution in [2.45, 2.75) is 19.6 Å². The summed E-state index contributed by atoms with van der Waals surface area (Å²) in [6.07, 6.45) is 4.90. The number of aliphatic hydroxyl groups is 1. The van der Waals surface area contributed by atoms with Crippen LogP contribution in [0.2, 0.25) is 0 Å². The van der Waals surface area contributed by atoms with Gasteiger partial charge in [-0.2, -0.15) is 10.1 Å². The Balaban J connectivity index is 1.47. The van der Waals surface area contributed by atoms with Gasteiger partial charge in [0.05, 0.1) is 19.3 Å². The molecule has 1 N–H and O–H groups in total. The van der Waals surface area contributed by atoms with Crippen LogP contribution in [-0.2, 0) is 6.54 Å². The fourth-order valence-corrected chi connectivity index (χ4v) is 2.82. The number of hydrogen-bond donors (Lipinski definition) is 1. The van der Waals surface area contributed by atoms with Gasteiger partial charge >= 0.3 is 0 Å². The number of aromatic nitrogens is 4. The van der Waals surface area contributed by atoms with E-state index in [4.69, 9.17) is 4.74 Å². The molecule has 2 aromatic rings. The van der Waals surface area contributed by atoms with Crippen molar-refractivity contribution in [2.24, 2.45) is 0 Å². The van der Waals surface area contributed by atoms with E-state index in [1.54, 1.807) is 23.1 Å². The molecule has 0 aliphatic carbocycles. The Hall–Kier alpha value is -2.19. The predicted molar refractivity (Wildman–Crippen MR) is 90.1 cm³/mol. The number of piperazine rings is 1. The quantitative estimate of drug-likeness (QED) is 0.779. The lowest BCUT2D eigenvalue weighted by Crippen LogP contribution is -2.49. The second-order valence-corrected chi connectivity index (χ2v) is 5.80. The molecule has 1 saturated heterocycles. The van der Waals surface area contributed by atoms with Crippen LogP contribution in [0.5, 0.6) is 5.88 Å². The molecule has 0 radical (unpaired) electrons. The van der Waals surface area contributed by atoms with Crippen molar-refractivity contribution >= 4 is 5.95 Å². The molecule has 1 aliphatic rings. The van der Waals surface area contributed by atoms with Crippen molar-refractivity contribution in [1.29, 1.82) is 0 Å². The van der Waals surface area contributed by atoms with Gasteiger partial charge in [-0.1, -0.05) is 0 Å². The number of nitrogens with zero attached hydrogens (tertiary/aromatic N) is 6. The molecular formula is C16H24N6O2. The summed E-state index contributed by atoms with van der Waals surface area (Å²) in [5.41, 5.74) is 0. The van der Waals surface area contributed by atoms with E-state index in [0.717, 1.165) is 26.2 Å². The molecular weight excluding hydrogens is 308 g/mol. The Labute approximate surface area is 141 Å². The normalized spacial score (nSPS) is 17.0. The number of anilines is 1. The fraction of sp³-hybridized carbons (Fsp3) is 0.562. The first-order valence-electron chi connectivity index (χ1n) is 8.33. The number of aliphatic hydroxyl groups excluding tert-OH is 1. The van der Waals surface area contributed by atoms with Gasteiger partial charge < -0.3 is 14.7 Å². The molecule has 24 heavy (non-hydrogen) atoms. The van der Waals surface area contributed by atoms with Gasteiger partial charge in [0.1, 0.15) is 0 Å². The van der Waals surface area contributed by atoms with E-state index in [1.807, 2.05) is 19.2 Å². The van der Waals surface area contributed by atoms with Crippen LogP contribution in [0.1, 0.15) is 6.92 Å². The molecule has 1 atom stereocenters. The first-order chi connectivity index (χ1) is 11.7. The largest absolute Gasteiger partial charge is 0.478 e. The summed E-state index contributed by atoms with van der Waals surface area (Å²) in [5, 5.41) is 14.3. The molecule has 3 rings (SSSR count). The minimum absolute atomic E-state index is 0.422. The minimum atomic E-state index is -0.422. The molecule has 0 amide bonds. The average molecular weight is 332 g/mol. The topological polar surface area (TPSA) is 79.5 Å². The summed E-state index contributed by atoms with van der Waals surface area (Å²) in [7, 11) is 0. The summed E-state index contributed by atoms with van der Waals surface area (Å²) in [6, 6.07) is 3.64. The lowest BCUT2D eigenvalue weighted by atomic mass is 10.2. The molecule has 0 spiro atoms. The van der Waals surface area contributed by atoms with Crippen molar-refractivity contribution in [3.8, 4) is 5.88 Å². The monoisotopic (exact) mass is 332 g/mol. The predicted octanol–water partition coefficient (Wildman–Crippen LogP) is 0.255. The van der Waals surface area contributed by atoms with E-state index < -0.39 is 6.10 Å². The third-order valence-electron chi connectivity index (χ3n) is 3.99. The molecule has 3 heterocycles. The number of hydrogen-bond acceptors (Lipinski definition) is 7. The van der Waals surface area contributed by atoms with Crippen molar-refractivity contribution < 1.29 is 9.84 Å². The van der Waals surface area contributed by atoms with Gasteiger partial charge in [0, 0.05) is 57.4 Å². The molecule has 8 nitrogen and oxygen atoms in total. The molecule has 0 saturated carbocycles. The fourth-order valence-electron chi connectivity index (χ4n) is 2.82. The van der Waals surface area contributed by atoms with Crippen LogP contribution in [0.25, 0.3) is 0 Å². The lowest BCUT2D eigenvalue weighted by molar-refractivity contribution is 0.0919. The molecule has 2 aromatic heterocycles. The van der Waals surface area contributed by atoms with Crippen LogP contribution in [0.4, 0.5) is 5.95 Å². The van der Waals surface area contributed by atoms with Crippen LogP contribution in [0, 0.1) is 0 Å². The van der Waals surface area contributed by atoms with Crippen molar-refractivity contribution in [3.63, 3.8) is 0 Å². The van der Waals surface area contributed by atoms with Crippen LogP contribution >= 0.6 is 0 Å². The second-order valence-electron chi connectivity index (χ2n) is 5.80. The Morgan fingerprint density at radius 1 is 1.21 bits per heavy atom. The highest BCUT2D eigenvalue weighted by atomic mass is 16.5. The summed E-state index contributed by atoms with van der Waals surface area (Å²) in [6.45, 7) is 7.12. The first kappa shape index (κ1) is 16.7. The summed E-state index contributed by atoms with van der Waals surface area (Å²) < 4.78 is 7.19. The zero-order valence-electron chi connectivity index (χ0n) is 14.0. The van der Waals surface area contributed by atoms with Gasteiger partial charge in [-0.3, -0.25) is 9.58 Å². The second kappa shape index (κ2) is 8.07. The Kier molecular flexibility index (Phi) is 5.60. The van der Waals surface area contributed by atoms with Gasteiger partial charge in [0.25, 0.3) is 0 Å². The zero-order valence-corrected chi connectivity index (χ0v) is 14.0. The van der Waals surface area contributed by atoms with Crippen molar-refractivity contribution in [2.75, 3.05) is 44.2 Å². The van der Waals surface area contributed by atoms with Gasteiger partial charge in [-0.15, -0.1) is 0 Å². The van der Waals surface area contributed by atoms with Gasteiger partial charge in [0.15, 0.2) is 0 Å². The maximum Gasteiger partial charge on any atom is 0.228 e. The molecule has 1 unspecified atom stereocenters. The van der Waals surface area contributed by atoms with E-state index in [9.17, 15) is 5.11 Å². The SMILES string of the molecule is CCOc1ccnc(N2CCN(CC(O)Cn3cccn3)CC2)n1. The molecule has 0 aromatic carbocycles. The smallest absolute Gasteiger partial charge is 0.228 e. The van der Waals surface area contributed by atoms with E-state index in [2.05, 4.69) is 24.9 Å². The first-order valence-corrected chi connectivity index (χ1v) is 8.33. The van der Waals surface area contributed by atoms with E-state index in [-0.39, 0.29) is 0 Å². The van der Waals surface area contributed by atoms with E-state index in [1.165, 1.54) is 0 Å². The average Bonchev–Trinajstić information content (AvgIpc) is 3.09. The van der Waals surface area contributed by atoms with Crippen LogP contribution in [0.15, 0.2) is 30.7 Å². The minimum Gasteiger partial charge on any atom is -0.478 e. The Bertz CT molecular complexity index is 613. The highest BCUT2D eigenvalue weighted by molar-refractivity contribution is 5.32. The van der Waals surface area contributed by atoms with Crippen LogP contribution < -0.4 is 9.64 Å². The molecule has 1 fully saturated rings. The van der Waals surface area contributed by atoms with Crippen LogP contribution in [-0.4, -0.2) is 75.2 Å². The highest BCUT2D eigenvalue weighted by Crippen LogP contribution is 2.15. The van der Waals surface area contributed by atoms with Gasteiger partial charge in [-0.05, 0) is 13.0 Å². The Morgan fingerprint density at radius 3 is 2.75 bits per heavy atom. The highest BCUT2D eigenvalue weighted by Gasteiger charge is 2.21. The van der Waals surface area contributed by atoms with Crippen molar-refractivity contribution in [3.05, 3.63) is 30.7 Å². The summed E-state index contributed by atoms with van der Waals surface area (Å²) in [5.74, 6) is 1.32. The van der Waals surface area contributed by atoms with Crippen LogP contribution in [0.3, 0.4) is 0 Å². The molecule has 8 heteroatoms. The van der Waals surface area contributed by atoms with Crippen molar-refractivity contribution in [1.82, 2.24) is 24.6 Å². The number of ether oxygens (including phenoxy) is 1. The summed E-state index contributed by atoms with van der Waals surface area (Å²) >= 11 is 0.